The van der Waals surface area contributed by atoms with E-state index in [2.05, 4.69) is 4.40 Å². The Morgan fingerprint density at radius 3 is 2.75 bits per heavy atom. The Kier molecular flexibility index (Phi) is 4.16. The number of benzene rings is 1. The predicted molar refractivity (Wildman–Crippen MR) is 106 cm³/mol. The number of halogens is 1. The van der Waals surface area contributed by atoms with Crippen LogP contribution >= 0.6 is 11.6 Å². The van der Waals surface area contributed by atoms with E-state index in [4.69, 9.17) is 26.1 Å². The molecule has 28 heavy (non-hydrogen) atoms. The van der Waals surface area contributed by atoms with Gasteiger partial charge in [-0.25, -0.2) is 4.98 Å². The highest BCUT2D eigenvalue weighted by Crippen LogP contribution is 2.40. The molecule has 5 rings (SSSR count). The number of pyridine rings is 1. The third-order valence-corrected chi connectivity index (χ3v) is 5.97. The minimum Gasteiger partial charge on any atom is -0.454 e. The molecule has 0 unspecified atom stereocenters. The second-order valence-electron chi connectivity index (χ2n) is 7.26. The van der Waals surface area contributed by atoms with Crippen LogP contribution in [0.1, 0.15) is 31.5 Å². The highest BCUT2D eigenvalue weighted by Gasteiger charge is 2.26. The van der Waals surface area contributed by atoms with Crippen LogP contribution in [0.15, 0.2) is 36.7 Å². The van der Waals surface area contributed by atoms with E-state index in [0.717, 1.165) is 59.9 Å². The van der Waals surface area contributed by atoms with E-state index in [9.17, 15) is 4.79 Å². The van der Waals surface area contributed by atoms with E-state index in [1.54, 1.807) is 6.92 Å². The monoisotopic (exact) mass is 397 g/mol. The summed E-state index contributed by atoms with van der Waals surface area (Å²) in [6.45, 7) is 3.42. The number of rotatable bonds is 2. The normalized spacial score (nSPS) is 16.7. The van der Waals surface area contributed by atoms with E-state index in [0.29, 0.717) is 10.9 Å². The summed E-state index contributed by atoms with van der Waals surface area (Å²) in [6.07, 6.45) is 5.70. The number of carbonyl (C=O) groups is 1. The summed E-state index contributed by atoms with van der Waals surface area (Å²) in [6, 6.07) is 7.77. The highest BCUT2D eigenvalue weighted by molar-refractivity contribution is 6.34. The van der Waals surface area contributed by atoms with Gasteiger partial charge in [-0.2, -0.15) is 0 Å². The van der Waals surface area contributed by atoms with Crippen molar-refractivity contribution in [2.24, 2.45) is 0 Å². The highest BCUT2D eigenvalue weighted by atomic mass is 35.5. The summed E-state index contributed by atoms with van der Waals surface area (Å²) in [5, 5.41) is 0.671. The van der Waals surface area contributed by atoms with E-state index in [1.165, 1.54) is 0 Å². The Bertz CT molecular complexity index is 1070. The first-order valence-electron chi connectivity index (χ1n) is 9.43. The van der Waals surface area contributed by atoms with Crippen molar-refractivity contribution < 1.29 is 14.3 Å². The van der Waals surface area contributed by atoms with Crippen LogP contribution in [0.4, 0.5) is 0 Å². The second-order valence-corrected chi connectivity index (χ2v) is 7.67. The van der Waals surface area contributed by atoms with Gasteiger partial charge < -0.3 is 18.8 Å². The molecule has 0 bridgehead atoms. The van der Waals surface area contributed by atoms with Crippen LogP contribution in [-0.4, -0.2) is 40.1 Å². The van der Waals surface area contributed by atoms with Crippen LogP contribution in [0, 0.1) is 0 Å². The molecule has 0 atom stereocenters. The van der Waals surface area contributed by atoms with Crippen LogP contribution in [0.2, 0.25) is 5.02 Å². The standard InChI is InChI=1S/C21H20ClN3O3/c1-13(26)24-7-4-14(5-8-24)21-23-11-17-20(16(22)6-9-25(17)21)15-2-3-18-19(10-15)28-12-27-18/h2-3,6,9-11,14H,4-5,7-8,12H2,1H3. The van der Waals surface area contributed by atoms with E-state index in [1.807, 2.05) is 41.6 Å². The molecule has 0 radical (unpaired) electrons. The van der Waals surface area contributed by atoms with Crippen LogP contribution in [0.3, 0.4) is 0 Å². The molecule has 1 saturated heterocycles. The van der Waals surface area contributed by atoms with Crippen LogP contribution in [0.5, 0.6) is 11.5 Å². The number of hydrogen-bond donors (Lipinski definition) is 0. The third-order valence-electron chi connectivity index (χ3n) is 5.66. The largest absolute Gasteiger partial charge is 0.454 e. The summed E-state index contributed by atoms with van der Waals surface area (Å²) < 4.78 is 13.1. The molecule has 1 fully saturated rings. The average Bonchev–Trinajstić information content (AvgIpc) is 3.34. The molecule has 6 nitrogen and oxygen atoms in total. The molecule has 2 aromatic heterocycles. The number of hydrogen-bond acceptors (Lipinski definition) is 4. The van der Waals surface area contributed by atoms with Crippen molar-refractivity contribution in [2.45, 2.75) is 25.7 Å². The average molecular weight is 398 g/mol. The van der Waals surface area contributed by atoms with E-state index < -0.39 is 0 Å². The summed E-state index contributed by atoms with van der Waals surface area (Å²) in [5.41, 5.74) is 2.87. The summed E-state index contributed by atoms with van der Waals surface area (Å²) >= 11 is 6.58. The first-order valence-corrected chi connectivity index (χ1v) is 9.80. The zero-order chi connectivity index (χ0) is 19.3. The molecular weight excluding hydrogens is 378 g/mol. The molecule has 0 spiro atoms. The van der Waals surface area contributed by atoms with Crippen molar-refractivity contribution in [2.75, 3.05) is 19.9 Å². The molecule has 3 aromatic rings. The Hall–Kier alpha value is -2.73. The van der Waals surface area contributed by atoms with Gasteiger partial charge in [-0.3, -0.25) is 4.79 Å². The quantitative estimate of drug-likeness (QED) is 0.653. The number of aromatic nitrogens is 2. The summed E-state index contributed by atoms with van der Waals surface area (Å²) in [4.78, 5) is 18.2. The molecule has 0 aliphatic carbocycles. The molecule has 0 N–H and O–H groups in total. The van der Waals surface area contributed by atoms with Crippen molar-refractivity contribution in [3.63, 3.8) is 0 Å². The zero-order valence-corrected chi connectivity index (χ0v) is 16.3. The van der Waals surface area contributed by atoms with Gasteiger partial charge in [-0.15, -0.1) is 0 Å². The maximum absolute atomic E-state index is 11.6. The SMILES string of the molecule is CC(=O)N1CCC(c2ncc3c(-c4ccc5c(c4)OCO5)c(Cl)ccn23)CC1. The molecule has 2 aliphatic heterocycles. The first kappa shape index (κ1) is 17.4. The maximum atomic E-state index is 11.6. The summed E-state index contributed by atoms with van der Waals surface area (Å²) in [7, 11) is 0. The number of carbonyl (C=O) groups excluding carboxylic acids is 1. The topological polar surface area (TPSA) is 56.1 Å². The van der Waals surface area contributed by atoms with Gasteiger partial charge in [0.15, 0.2) is 11.5 Å². The lowest BCUT2D eigenvalue weighted by Crippen LogP contribution is -2.36. The van der Waals surface area contributed by atoms with Gasteiger partial charge in [0.05, 0.1) is 16.7 Å². The molecule has 144 valence electrons. The van der Waals surface area contributed by atoms with Crippen molar-refractivity contribution in [1.82, 2.24) is 14.3 Å². The number of fused-ring (bicyclic) bond motifs is 2. The smallest absolute Gasteiger partial charge is 0.231 e. The molecule has 1 aromatic carbocycles. The third kappa shape index (κ3) is 2.79. The van der Waals surface area contributed by atoms with Crippen molar-refractivity contribution >= 4 is 23.0 Å². The van der Waals surface area contributed by atoms with Gasteiger partial charge in [0.25, 0.3) is 0 Å². The van der Waals surface area contributed by atoms with Crippen LogP contribution in [-0.2, 0) is 4.79 Å². The molecule has 7 heteroatoms. The lowest BCUT2D eigenvalue weighted by atomic mass is 9.96. The molecular formula is C21H20ClN3O3. The second kappa shape index (κ2) is 6.71. The fraction of sp³-hybridized carbons (Fsp3) is 0.333. The fourth-order valence-electron chi connectivity index (χ4n) is 4.15. The minimum absolute atomic E-state index is 0.142. The first-order chi connectivity index (χ1) is 13.6. The van der Waals surface area contributed by atoms with Gasteiger partial charge in [-0.1, -0.05) is 17.7 Å². The number of amides is 1. The Balaban J connectivity index is 1.54. The number of imidazole rings is 1. The van der Waals surface area contributed by atoms with Gasteiger partial charge in [0.1, 0.15) is 5.82 Å². The van der Waals surface area contributed by atoms with Crippen molar-refractivity contribution in [3.8, 4) is 22.6 Å². The Morgan fingerprint density at radius 2 is 1.96 bits per heavy atom. The number of piperidine rings is 1. The predicted octanol–water partition coefficient (Wildman–Crippen LogP) is 4.11. The van der Waals surface area contributed by atoms with E-state index in [-0.39, 0.29) is 12.7 Å². The van der Waals surface area contributed by atoms with Crippen molar-refractivity contribution in [1.29, 1.82) is 0 Å². The summed E-state index contributed by atoms with van der Waals surface area (Å²) in [5.74, 6) is 2.97. The number of nitrogens with zero attached hydrogens (tertiary/aromatic N) is 3. The van der Waals surface area contributed by atoms with Gasteiger partial charge in [0.2, 0.25) is 12.7 Å². The van der Waals surface area contributed by atoms with Gasteiger partial charge >= 0.3 is 0 Å². The van der Waals surface area contributed by atoms with Crippen LogP contribution in [0.25, 0.3) is 16.6 Å². The number of ether oxygens (including phenoxy) is 2. The lowest BCUT2D eigenvalue weighted by molar-refractivity contribution is -0.129. The molecule has 1 amide bonds. The van der Waals surface area contributed by atoms with Crippen LogP contribution < -0.4 is 9.47 Å². The zero-order valence-electron chi connectivity index (χ0n) is 15.5. The maximum Gasteiger partial charge on any atom is 0.231 e. The Labute approximate surface area is 167 Å². The van der Waals surface area contributed by atoms with Gasteiger partial charge in [-0.05, 0) is 36.6 Å². The molecule has 0 saturated carbocycles. The van der Waals surface area contributed by atoms with Crippen molar-refractivity contribution in [3.05, 3.63) is 47.5 Å². The van der Waals surface area contributed by atoms with Gasteiger partial charge in [0, 0.05) is 37.7 Å². The fourth-order valence-corrected chi connectivity index (χ4v) is 4.42. The molecule has 2 aliphatic rings. The Morgan fingerprint density at radius 1 is 1.18 bits per heavy atom. The van der Waals surface area contributed by atoms with E-state index >= 15 is 0 Å². The lowest BCUT2D eigenvalue weighted by Gasteiger charge is -2.30. The number of likely N-dealkylation sites (tertiary alicyclic amines) is 1. The molecule has 4 heterocycles. The minimum atomic E-state index is 0.142.